The first-order chi connectivity index (χ1) is 20.8. The molecule has 0 atom stereocenters. The lowest BCUT2D eigenvalue weighted by Gasteiger charge is -2.13. The lowest BCUT2D eigenvalue weighted by Crippen LogP contribution is -1.97. The Balaban J connectivity index is 1.33. The van der Waals surface area contributed by atoms with E-state index in [1.807, 2.05) is 54.7 Å². The molecule has 0 spiro atoms. The summed E-state index contributed by atoms with van der Waals surface area (Å²) in [4.78, 5) is 18.8. The van der Waals surface area contributed by atoms with E-state index >= 15 is 0 Å². The molecule has 7 rings (SSSR count). The van der Waals surface area contributed by atoms with Crippen LogP contribution in [0.5, 0.6) is 0 Å². The Morgan fingerprint density at radius 1 is 0.333 bits per heavy atom. The number of benzene rings is 5. The van der Waals surface area contributed by atoms with Crippen LogP contribution in [0.1, 0.15) is 0 Å². The second kappa shape index (κ2) is 11.4. The Bertz CT molecular complexity index is 1950. The fourth-order valence-electron chi connectivity index (χ4n) is 5.19. The van der Waals surface area contributed by atoms with Crippen LogP contribution in [0.2, 0.25) is 0 Å². The van der Waals surface area contributed by atoms with Crippen molar-refractivity contribution in [2.45, 2.75) is 0 Å². The van der Waals surface area contributed by atoms with Crippen molar-refractivity contribution in [1.29, 1.82) is 0 Å². The van der Waals surface area contributed by atoms with Gasteiger partial charge in [-0.2, -0.15) is 0 Å². The molecule has 42 heavy (non-hydrogen) atoms. The third kappa shape index (κ3) is 5.21. The molecule has 7 aromatic rings. The average molecular weight is 539 g/mol. The molecule has 0 amide bonds. The maximum absolute atomic E-state index is 4.93. The van der Waals surface area contributed by atoms with Crippen molar-refractivity contribution in [2.75, 3.05) is 0 Å². The molecule has 0 saturated heterocycles. The van der Waals surface area contributed by atoms with Gasteiger partial charge < -0.3 is 0 Å². The van der Waals surface area contributed by atoms with E-state index in [1.165, 1.54) is 5.56 Å². The summed E-state index contributed by atoms with van der Waals surface area (Å²) < 4.78 is 0. The summed E-state index contributed by atoms with van der Waals surface area (Å²) in [5, 5.41) is 0. The Hall–Kier alpha value is -5.74. The first-order valence-corrected chi connectivity index (χ1v) is 13.9. The number of rotatable bonds is 6. The molecule has 2 heterocycles. The van der Waals surface area contributed by atoms with E-state index in [2.05, 4.69) is 107 Å². The second-order valence-electron chi connectivity index (χ2n) is 10.0. The second-order valence-corrected chi connectivity index (χ2v) is 10.0. The van der Waals surface area contributed by atoms with E-state index in [-0.39, 0.29) is 0 Å². The maximum Gasteiger partial charge on any atom is 0.163 e. The average Bonchev–Trinajstić information content (AvgIpc) is 3.09. The third-order valence-corrected chi connectivity index (χ3v) is 7.29. The van der Waals surface area contributed by atoms with Gasteiger partial charge in [0, 0.05) is 28.5 Å². The summed E-state index contributed by atoms with van der Waals surface area (Å²) >= 11 is 0. The van der Waals surface area contributed by atoms with Crippen molar-refractivity contribution >= 4 is 0 Å². The summed E-state index contributed by atoms with van der Waals surface area (Å²) in [5.74, 6) is 1.26. The Kier molecular flexibility index (Phi) is 6.85. The highest BCUT2D eigenvalue weighted by atomic mass is 15.0. The van der Waals surface area contributed by atoms with Crippen LogP contribution in [0.3, 0.4) is 0 Å². The van der Waals surface area contributed by atoms with E-state index < -0.39 is 0 Å². The van der Waals surface area contributed by atoms with E-state index in [9.17, 15) is 0 Å². The summed E-state index contributed by atoms with van der Waals surface area (Å²) in [7, 11) is 0. The number of hydrogen-bond donors (Lipinski definition) is 0. The largest absolute Gasteiger partial charge is 0.256 e. The van der Waals surface area contributed by atoms with Gasteiger partial charge in [0.05, 0.1) is 5.69 Å². The van der Waals surface area contributed by atoms with E-state index in [0.717, 1.165) is 50.2 Å². The van der Waals surface area contributed by atoms with Crippen molar-refractivity contribution in [3.63, 3.8) is 0 Å². The Morgan fingerprint density at radius 3 is 1.50 bits per heavy atom. The van der Waals surface area contributed by atoms with Gasteiger partial charge in [0.25, 0.3) is 0 Å². The molecule has 5 aromatic carbocycles. The van der Waals surface area contributed by atoms with Gasteiger partial charge in [0.1, 0.15) is 6.33 Å². The first kappa shape index (κ1) is 25.2. The Morgan fingerprint density at radius 2 is 0.833 bits per heavy atom. The SMILES string of the molecule is c1ccc(-c2ccc(-c3ncnc(-c4cc(-c5ccccc5)cc(-c5cccnc5-c5ccccc5)c4)n3)cc2)cc1. The van der Waals surface area contributed by atoms with Gasteiger partial charge in [-0.1, -0.05) is 121 Å². The van der Waals surface area contributed by atoms with Crippen LogP contribution >= 0.6 is 0 Å². The summed E-state index contributed by atoms with van der Waals surface area (Å²) in [6.07, 6.45) is 3.44. The van der Waals surface area contributed by atoms with Gasteiger partial charge in [0.15, 0.2) is 11.6 Å². The summed E-state index contributed by atoms with van der Waals surface area (Å²) in [6.45, 7) is 0. The summed E-state index contributed by atoms with van der Waals surface area (Å²) in [5.41, 5.74) is 10.5. The van der Waals surface area contributed by atoms with Crippen LogP contribution in [0.25, 0.3) is 67.4 Å². The smallest absolute Gasteiger partial charge is 0.163 e. The van der Waals surface area contributed by atoms with Crippen LogP contribution in [0.15, 0.2) is 158 Å². The monoisotopic (exact) mass is 538 g/mol. The molecule has 0 aliphatic heterocycles. The molecule has 0 radical (unpaired) electrons. The number of hydrogen-bond acceptors (Lipinski definition) is 4. The summed E-state index contributed by atoms with van der Waals surface area (Å²) in [6, 6.07) is 50.0. The minimum atomic E-state index is 0.622. The minimum absolute atomic E-state index is 0.622. The topological polar surface area (TPSA) is 51.6 Å². The molecular weight excluding hydrogens is 512 g/mol. The number of nitrogens with zero attached hydrogens (tertiary/aromatic N) is 4. The highest BCUT2D eigenvalue weighted by molar-refractivity contribution is 5.86. The van der Waals surface area contributed by atoms with E-state index in [4.69, 9.17) is 9.97 Å². The standard InChI is InChI=1S/C38H26N4/c1-4-11-27(12-5-1)29-18-20-31(21-19-29)37-40-26-41-38(42-37)34-24-32(28-13-6-2-7-14-28)23-33(25-34)35-17-10-22-39-36(35)30-15-8-3-9-16-30/h1-26H. The van der Waals surface area contributed by atoms with Crippen LogP contribution in [0, 0.1) is 0 Å². The number of pyridine rings is 1. The van der Waals surface area contributed by atoms with Crippen LogP contribution in [-0.4, -0.2) is 19.9 Å². The lowest BCUT2D eigenvalue weighted by atomic mass is 9.93. The normalized spacial score (nSPS) is 10.9. The molecule has 0 fully saturated rings. The quantitative estimate of drug-likeness (QED) is 0.212. The van der Waals surface area contributed by atoms with Gasteiger partial charge in [-0.05, 0) is 52.1 Å². The molecule has 0 N–H and O–H groups in total. The molecule has 198 valence electrons. The molecule has 4 heteroatoms. The van der Waals surface area contributed by atoms with Gasteiger partial charge in [-0.15, -0.1) is 0 Å². The van der Waals surface area contributed by atoms with Gasteiger partial charge in [-0.3, -0.25) is 4.98 Å². The third-order valence-electron chi connectivity index (χ3n) is 7.29. The van der Waals surface area contributed by atoms with Crippen molar-refractivity contribution in [1.82, 2.24) is 19.9 Å². The zero-order chi connectivity index (χ0) is 28.1. The predicted octanol–water partition coefficient (Wildman–Crippen LogP) is 9.27. The number of aromatic nitrogens is 4. The van der Waals surface area contributed by atoms with Crippen molar-refractivity contribution < 1.29 is 0 Å². The van der Waals surface area contributed by atoms with Crippen molar-refractivity contribution in [3.05, 3.63) is 158 Å². The molecular formula is C38H26N4. The molecule has 0 bridgehead atoms. The van der Waals surface area contributed by atoms with Gasteiger partial charge in [0.2, 0.25) is 0 Å². The highest BCUT2D eigenvalue weighted by Crippen LogP contribution is 2.36. The lowest BCUT2D eigenvalue weighted by molar-refractivity contribution is 1.07. The zero-order valence-corrected chi connectivity index (χ0v) is 22.8. The molecule has 0 saturated carbocycles. The van der Waals surface area contributed by atoms with Crippen LogP contribution in [-0.2, 0) is 0 Å². The van der Waals surface area contributed by atoms with Crippen molar-refractivity contribution in [2.24, 2.45) is 0 Å². The van der Waals surface area contributed by atoms with E-state index in [1.54, 1.807) is 6.33 Å². The van der Waals surface area contributed by atoms with Crippen LogP contribution < -0.4 is 0 Å². The van der Waals surface area contributed by atoms with Gasteiger partial charge >= 0.3 is 0 Å². The van der Waals surface area contributed by atoms with Crippen LogP contribution in [0.4, 0.5) is 0 Å². The maximum atomic E-state index is 4.93. The zero-order valence-electron chi connectivity index (χ0n) is 22.8. The molecule has 2 aromatic heterocycles. The fraction of sp³-hybridized carbons (Fsp3) is 0. The van der Waals surface area contributed by atoms with Gasteiger partial charge in [-0.25, -0.2) is 15.0 Å². The molecule has 0 aliphatic carbocycles. The van der Waals surface area contributed by atoms with Crippen molar-refractivity contribution in [3.8, 4) is 67.4 Å². The van der Waals surface area contributed by atoms with E-state index in [0.29, 0.717) is 11.6 Å². The molecule has 0 unspecified atom stereocenters. The minimum Gasteiger partial charge on any atom is -0.256 e. The molecule has 4 nitrogen and oxygen atoms in total. The highest BCUT2D eigenvalue weighted by Gasteiger charge is 2.14. The Labute approximate surface area is 245 Å². The first-order valence-electron chi connectivity index (χ1n) is 13.9. The fourth-order valence-corrected chi connectivity index (χ4v) is 5.19. The predicted molar refractivity (Wildman–Crippen MR) is 170 cm³/mol. The molecule has 0 aliphatic rings.